The maximum Gasteiger partial charge on any atom is 0.346 e. The van der Waals surface area contributed by atoms with Gasteiger partial charge in [0.25, 0.3) is 0 Å². The first-order valence-corrected chi connectivity index (χ1v) is 12.0. The molecule has 5 nitrogen and oxygen atoms in total. The Hall–Kier alpha value is -3.77. The zero-order valence-corrected chi connectivity index (χ0v) is 20.9. The van der Waals surface area contributed by atoms with Crippen LogP contribution in [-0.4, -0.2) is 15.8 Å². The van der Waals surface area contributed by atoms with Crippen LogP contribution in [0.25, 0.3) is 22.4 Å². The van der Waals surface area contributed by atoms with Gasteiger partial charge in [-0.2, -0.15) is 9.78 Å². The van der Waals surface area contributed by atoms with Crippen LogP contribution in [0.3, 0.4) is 0 Å². The molecule has 4 aromatic carbocycles. The van der Waals surface area contributed by atoms with Gasteiger partial charge in [-0.25, -0.2) is 4.79 Å². The molecule has 1 amide bonds. The first-order valence-electron chi connectivity index (χ1n) is 10.9. The van der Waals surface area contributed by atoms with Crippen molar-refractivity contribution in [3.8, 4) is 33.9 Å². The standard InChI is InChI=1S/C28H18Cl3N3O2/c29-20-8-6-19(7-9-20)27-24(18-4-2-1-3-5-18)17-34(33-27)28(35)32-21-10-12-22(13-11-21)36-23-14-15-25(30)26(31)16-23/h1-17H,(H,32,35). The normalized spacial score (nSPS) is 10.8. The molecule has 0 radical (unpaired) electrons. The highest BCUT2D eigenvalue weighted by Gasteiger charge is 2.17. The third kappa shape index (κ3) is 5.39. The SMILES string of the molecule is O=C(Nc1ccc(Oc2ccc(Cl)c(Cl)c2)cc1)n1cc(-c2ccccc2)c(-c2ccc(Cl)cc2)n1. The molecule has 1 aromatic heterocycles. The van der Waals surface area contributed by atoms with Crippen molar-refractivity contribution < 1.29 is 9.53 Å². The van der Waals surface area contributed by atoms with Crippen LogP contribution in [0.4, 0.5) is 10.5 Å². The third-order valence-electron chi connectivity index (χ3n) is 5.36. The molecule has 5 aromatic rings. The molecule has 0 aliphatic carbocycles. The van der Waals surface area contributed by atoms with Crippen LogP contribution in [0.5, 0.6) is 11.5 Å². The number of hydrogen-bond acceptors (Lipinski definition) is 3. The summed E-state index contributed by atoms with van der Waals surface area (Å²) < 4.78 is 7.10. The van der Waals surface area contributed by atoms with Gasteiger partial charge in [0, 0.05) is 34.1 Å². The Labute approximate surface area is 222 Å². The lowest BCUT2D eigenvalue weighted by Crippen LogP contribution is -2.19. The van der Waals surface area contributed by atoms with E-state index in [1.165, 1.54) is 4.68 Å². The maximum atomic E-state index is 13.1. The zero-order valence-electron chi connectivity index (χ0n) is 18.7. The van der Waals surface area contributed by atoms with E-state index in [0.29, 0.717) is 37.9 Å². The zero-order chi connectivity index (χ0) is 25.1. The summed E-state index contributed by atoms with van der Waals surface area (Å²) in [5.41, 5.74) is 3.90. The molecule has 0 aliphatic heterocycles. The number of anilines is 1. The summed E-state index contributed by atoms with van der Waals surface area (Å²) in [6, 6.07) is 28.8. The van der Waals surface area contributed by atoms with Crippen molar-refractivity contribution in [1.29, 1.82) is 0 Å². The average Bonchev–Trinajstić information content (AvgIpc) is 3.34. The van der Waals surface area contributed by atoms with Crippen LogP contribution in [0, 0.1) is 0 Å². The summed E-state index contributed by atoms with van der Waals surface area (Å²) in [6.45, 7) is 0. The summed E-state index contributed by atoms with van der Waals surface area (Å²) in [4.78, 5) is 13.1. The van der Waals surface area contributed by atoms with Crippen LogP contribution >= 0.6 is 34.8 Å². The van der Waals surface area contributed by atoms with Gasteiger partial charge in [-0.15, -0.1) is 0 Å². The van der Waals surface area contributed by atoms with E-state index in [9.17, 15) is 4.79 Å². The van der Waals surface area contributed by atoms with E-state index in [4.69, 9.17) is 39.5 Å². The molecule has 0 saturated heterocycles. The van der Waals surface area contributed by atoms with E-state index in [1.807, 2.05) is 42.5 Å². The van der Waals surface area contributed by atoms with Crippen molar-refractivity contribution in [1.82, 2.24) is 9.78 Å². The molecule has 1 N–H and O–H groups in total. The minimum absolute atomic E-state index is 0.398. The highest BCUT2D eigenvalue weighted by atomic mass is 35.5. The van der Waals surface area contributed by atoms with Crippen molar-refractivity contribution >= 4 is 46.5 Å². The molecule has 0 spiro atoms. The molecule has 0 saturated carbocycles. The van der Waals surface area contributed by atoms with E-state index >= 15 is 0 Å². The van der Waals surface area contributed by atoms with Gasteiger partial charge in [-0.05, 0) is 54.1 Å². The summed E-state index contributed by atoms with van der Waals surface area (Å²) in [6.07, 6.45) is 1.72. The Morgan fingerprint density at radius 3 is 2.14 bits per heavy atom. The number of nitrogens with zero attached hydrogens (tertiary/aromatic N) is 2. The molecule has 0 aliphatic rings. The molecular formula is C28H18Cl3N3O2. The van der Waals surface area contributed by atoms with Gasteiger partial charge in [0.15, 0.2) is 0 Å². The Bertz CT molecular complexity index is 1520. The molecule has 0 fully saturated rings. The number of benzene rings is 4. The van der Waals surface area contributed by atoms with Gasteiger partial charge in [0.05, 0.1) is 10.0 Å². The highest BCUT2D eigenvalue weighted by Crippen LogP contribution is 2.32. The van der Waals surface area contributed by atoms with Crippen molar-refractivity contribution in [2.24, 2.45) is 0 Å². The minimum Gasteiger partial charge on any atom is -0.457 e. The minimum atomic E-state index is -0.398. The number of hydrogen-bond donors (Lipinski definition) is 1. The van der Waals surface area contributed by atoms with Crippen LogP contribution in [0.2, 0.25) is 15.1 Å². The van der Waals surface area contributed by atoms with Crippen LogP contribution in [0.15, 0.2) is 103 Å². The monoisotopic (exact) mass is 533 g/mol. The molecule has 36 heavy (non-hydrogen) atoms. The van der Waals surface area contributed by atoms with E-state index in [1.54, 1.807) is 60.8 Å². The van der Waals surface area contributed by atoms with E-state index in [0.717, 1.165) is 16.7 Å². The second-order valence-corrected chi connectivity index (χ2v) is 9.09. The second-order valence-electron chi connectivity index (χ2n) is 7.84. The van der Waals surface area contributed by atoms with Crippen LogP contribution in [-0.2, 0) is 0 Å². The maximum absolute atomic E-state index is 13.1. The fourth-order valence-corrected chi connectivity index (χ4v) is 4.01. The van der Waals surface area contributed by atoms with Gasteiger partial charge in [-0.1, -0.05) is 77.3 Å². The van der Waals surface area contributed by atoms with E-state index in [-0.39, 0.29) is 0 Å². The highest BCUT2D eigenvalue weighted by molar-refractivity contribution is 6.42. The van der Waals surface area contributed by atoms with Gasteiger partial charge in [0.2, 0.25) is 0 Å². The summed E-state index contributed by atoms with van der Waals surface area (Å²) >= 11 is 18.1. The average molecular weight is 535 g/mol. The molecule has 0 unspecified atom stereocenters. The lowest BCUT2D eigenvalue weighted by molar-refractivity contribution is 0.251. The van der Waals surface area contributed by atoms with Gasteiger partial charge in [0.1, 0.15) is 17.2 Å². The smallest absolute Gasteiger partial charge is 0.346 e. The fourth-order valence-electron chi connectivity index (χ4n) is 3.59. The Morgan fingerprint density at radius 2 is 1.44 bits per heavy atom. The van der Waals surface area contributed by atoms with E-state index < -0.39 is 6.03 Å². The molecular weight excluding hydrogens is 517 g/mol. The Morgan fingerprint density at radius 1 is 0.750 bits per heavy atom. The van der Waals surface area contributed by atoms with Gasteiger partial charge < -0.3 is 10.1 Å². The molecule has 8 heteroatoms. The molecule has 5 rings (SSSR count). The van der Waals surface area contributed by atoms with Crippen molar-refractivity contribution in [3.05, 3.63) is 118 Å². The summed E-state index contributed by atoms with van der Waals surface area (Å²) in [5.74, 6) is 1.14. The van der Waals surface area contributed by atoms with Gasteiger partial charge in [-0.3, -0.25) is 0 Å². The fraction of sp³-hybridized carbons (Fsp3) is 0. The number of nitrogens with one attached hydrogen (secondary N) is 1. The topological polar surface area (TPSA) is 56.1 Å². The first-order chi connectivity index (χ1) is 17.5. The number of amides is 1. The van der Waals surface area contributed by atoms with Gasteiger partial charge >= 0.3 is 6.03 Å². The number of halogens is 3. The summed E-state index contributed by atoms with van der Waals surface area (Å²) in [5, 5.41) is 8.94. The Balaban J connectivity index is 1.37. The van der Waals surface area contributed by atoms with Crippen molar-refractivity contribution in [3.63, 3.8) is 0 Å². The summed E-state index contributed by atoms with van der Waals surface area (Å²) in [7, 11) is 0. The van der Waals surface area contributed by atoms with E-state index in [2.05, 4.69) is 10.4 Å². The van der Waals surface area contributed by atoms with Crippen molar-refractivity contribution in [2.45, 2.75) is 0 Å². The van der Waals surface area contributed by atoms with Crippen molar-refractivity contribution in [2.75, 3.05) is 5.32 Å². The first kappa shape index (κ1) is 23.9. The van der Waals surface area contributed by atoms with Crippen LogP contribution in [0.1, 0.15) is 0 Å². The number of carbonyl (C=O) groups is 1. The lowest BCUT2D eigenvalue weighted by atomic mass is 10.0. The third-order valence-corrected chi connectivity index (χ3v) is 6.35. The number of rotatable bonds is 5. The largest absolute Gasteiger partial charge is 0.457 e. The number of ether oxygens (including phenoxy) is 1. The van der Waals surface area contributed by atoms with Crippen LogP contribution < -0.4 is 10.1 Å². The lowest BCUT2D eigenvalue weighted by Gasteiger charge is -2.09. The predicted molar refractivity (Wildman–Crippen MR) is 146 cm³/mol. The number of aromatic nitrogens is 2. The molecule has 178 valence electrons. The number of carbonyl (C=O) groups excluding carboxylic acids is 1. The predicted octanol–water partition coefficient (Wildman–Crippen LogP) is 9.05. The molecule has 0 atom stereocenters. The molecule has 0 bridgehead atoms. The quantitative estimate of drug-likeness (QED) is 0.245. The molecule has 1 heterocycles. The Kier molecular flexibility index (Phi) is 6.96. The second kappa shape index (κ2) is 10.5.